The minimum Gasteiger partial charge on any atom is -0.336 e. The van der Waals surface area contributed by atoms with Crippen molar-refractivity contribution in [2.45, 2.75) is 6.92 Å². The molecule has 2 heteroatoms. The summed E-state index contributed by atoms with van der Waals surface area (Å²) in [4.78, 5) is 0. The van der Waals surface area contributed by atoms with Crippen LogP contribution >= 0.6 is 0 Å². The summed E-state index contributed by atoms with van der Waals surface area (Å²) in [6, 6.07) is 0. The molecule has 0 aromatic rings. The van der Waals surface area contributed by atoms with Gasteiger partial charge in [0.05, 0.1) is 7.05 Å². The first-order valence-corrected chi connectivity index (χ1v) is 2.40. The average Bonchev–Trinajstić information content (AvgIpc) is 1.61. The van der Waals surface area contributed by atoms with E-state index in [9.17, 15) is 0 Å². The van der Waals surface area contributed by atoms with Crippen molar-refractivity contribution in [3.05, 3.63) is 0 Å². The molecule has 0 aliphatic rings. The molecule has 0 aliphatic carbocycles. The molecule has 0 fully saturated rings. The molecule has 0 saturated carbocycles. The van der Waals surface area contributed by atoms with Crippen LogP contribution in [-0.2, 0) is 0 Å². The van der Waals surface area contributed by atoms with Crippen LogP contribution in [0.2, 0.25) is 0 Å². The van der Waals surface area contributed by atoms with E-state index < -0.39 is 0 Å². The van der Waals surface area contributed by atoms with Gasteiger partial charge in [0.1, 0.15) is 6.67 Å². The van der Waals surface area contributed by atoms with Gasteiger partial charge in [0.15, 0.2) is 0 Å². The van der Waals surface area contributed by atoms with Gasteiger partial charge in [0.2, 0.25) is 0 Å². The van der Waals surface area contributed by atoms with Gasteiger partial charge >= 0.3 is 0 Å². The Balaban J connectivity index is 2.34. The maximum Gasteiger partial charge on any atom is 0.129 e. The Morgan fingerprint density at radius 1 is 1.67 bits per heavy atom. The van der Waals surface area contributed by atoms with E-state index in [2.05, 4.69) is 17.6 Å². The molecule has 0 heterocycles. The van der Waals surface area contributed by atoms with E-state index in [4.69, 9.17) is 0 Å². The van der Waals surface area contributed by atoms with Crippen molar-refractivity contribution >= 4 is 0 Å². The van der Waals surface area contributed by atoms with Crippen molar-refractivity contribution in [2.75, 3.05) is 20.3 Å². The van der Waals surface area contributed by atoms with Gasteiger partial charge in [-0.05, 0) is 6.54 Å². The minimum absolute atomic E-state index is 1.04. The van der Waals surface area contributed by atoms with E-state index >= 15 is 0 Å². The van der Waals surface area contributed by atoms with Crippen LogP contribution in [0.5, 0.6) is 0 Å². The van der Waals surface area contributed by atoms with Gasteiger partial charge in [-0.15, -0.1) is 0 Å². The Labute approximate surface area is 38.9 Å². The summed E-state index contributed by atoms with van der Waals surface area (Å²) in [5.41, 5.74) is 0. The summed E-state index contributed by atoms with van der Waals surface area (Å²) in [6.07, 6.45) is 0. The molecule has 0 aliphatic heterocycles. The maximum absolute atomic E-state index is 3.14. The molecule has 0 spiro atoms. The van der Waals surface area contributed by atoms with E-state index in [1.165, 1.54) is 0 Å². The number of nitrogens with two attached hydrogens (primary N) is 1. The highest BCUT2D eigenvalue weighted by Crippen LogP contribution is 1.39. The van der Waals surface area contributed by atoms with Gasteiger partial charge in [-0.2, -0.15) is 0 Å². The molecule has 0 saturated heterocycles. The lowest BCUT2D eigenvalue weighted by atomic mass is 10.7. The van der Waals surface area contributed by atoms with Gasteiger partial charge in [-0.3, -0.25) is 5.32 Å². The lowest BCUT2D eigenvalue weighted by Crippen LogP contribution is -2.82. The Morgan fingerprint density at radius 3 is 2.50 bits per heavy atom. The zero-order valence-electron chi connectivity index (χ0n) is 4.49. The summed E-state index contributed by atoms with van der Waals surface area (Å²) < 4.78 is 0. The van der Waals surface area contributed by atoms with E-state index in [0.29, 0.717) is 0 Å². The summed E-state index contributed by atoms with van der Waals surface area (Å²) in [6.45, 7) is 4.21. The fraction of sp³-hybridized carbons (Fsp3) is 1.00. The third-order valence-corrected chi connectivity index (χ3v) is 0.598. The van der Waals surface area contributed by atoms with Crippen LogP contribution in [0.3, 0.4) is 0 Å². The van der Waals surface area contributed by atoms with E-state index in [1.807, 2.05) is 7.05 Å². The molecular formula is C4H13N2+. The van der Waals surface area contributed by atoms with E-state index in [1.54, 1.807) is 0 Å². The molecular weight excluding hydrogens is 76.1 g/mol. The first-order valence-electron chi connectivity index (χ1n) is 2.40. The topological polar surface area (TPSA) is 28.6 Å². The standard InChI is InChI=1S/C4H12N2/c1-3-6-4-5-2/h5-6H,3-4H2,1-2H3/p+1. The second-order valence-corrected chi connectivity index (χ2v) is 1.22. The smallest absolute Gasteiger partial charge is 0.129 e. The highest BCUT2D eigenvalue weighted by Gasteiger charge is 1.72. The van der Waals surface area contributed by atoms with Crippen molar-refractivity contribution in [1.29, 1.82) is 0 Å². The van der Waals surface area contributed by atoms with Gasteiger partial charge in [-0.25, -0.2) is 0 Å². The van der Waals surface area contributed by atoms with Crippen molar-refractivity contribution in [1.82, 2.24) is 5.32 Å². The summed E-state index contributed by atoms with van der Waals surface area (Å²) in [7, 11) is 2.04. The molecule has 0 atom stereocenters. The molecule has 0 bridgehead atoms. The normalized spacial score (nSPS) is 9.00. The molecule has 0 unspecified atom stereocenters. The van der Waals surface area contributed by atoms with Gasteiger partial charge in [-0.1, -0.05) is 6.92 Å². The largest absolute Gasteiger partial charge is 0.336 e. The van der Waals surface area contributed by atoms with Crippen LogP contribution in [0.4, 0.5) is 0 Å². The lowest BCUT2D eigenvalue weighted by molar-refractivity contribution is -0.631. The van der Waals surface area contributed by atoms with Gasteiger partial charge in [0, 0.05) is 0 Å². The summed E-state index contributed by atoms with van der Waals surface area (Å²) >= 11 is 0. The van der Waals surface area contributed by atoms with Crippen molar-refractivity contribution in [2.24, 2.45) is 0 Å². The monoisotopic (exact) mass is 89.1 g/mol. The minimum atomic E-state index is 1.04. The van der Waals surface area contributed by atoms with Crippen molar-refractivity contribution in [3.8, 4) is 0 Å². The predicted octanol–water partition coefficient (Wildman–Crippen LogP) is -1.25. The highest BCUT2D eigenvalue weighted by atomic mass is 15.0. The average molecular weight is 89.2 g/mol. The fourth-order valence-electron chi connectivity index (χ4n) is 0.289. The molecule has 2 nitrogen and oxygen atoms in total. The first-order chi connectivity index (χ1) is 2.91. The van der Waals surface area contributed by atoms with Crippen LogP contribution in [0.15, 0.2) is 0 Å². The van der Waals surface area contributed by atoms with Crippen LogP contribution in [0, 0.1) is 0 Å². The fourth-order valence-corrected chi connectivity index (χ4v) is 0.289. The zero-order chi connectivity index (χ0) is 4.83. The summed E-state index contributed by atoms with van der Waals surface area (Å²) in [5.74, 6) is 0. The molecule has 0 radical (unpaired) electrons. The highest BCUT2D eigenvalue weighted by molar-refractivity contribution is 4.20. The maximum atomic E-state index is 3.14. The molecule has 6 heavy (non-hydrogen) atoms. The number of hydrogen-bond donors (Lipinski definition) is 2. The van der Waals surface area contributed by atoms with Crippen LogP contribution in [0.25, 0.3) is 0 Å². The Bertz CT molecular complexity index is 17.5. The Kier molecular flexibility index (Phi) is 4.85. The van der Waals surface area contributed by atoms with E-state index in [-0.39, 0.29) is 0 Å². The molecule has 0 aromatic heterocycles. The Hall–Kier alpha value is -0.0800. The molecule has 0 aromatic carbocycles. The quantitative estimate of drug-likeness (QED) is 0.328. The van der Waals surface area contributed by atoms with Crippen molar-refractivity contribution in [3.63, 3.8) is 0 Å². The third-order valence-electron chi connectivity index (χ3n) is 0.598. The Morgan fingerprint density at radius 2 is 2.33 bits per heavy atom. The van der Waals surface area contributed by atoms with Crippen LogP contribution < -0.4 is 10.6 Å². The van der Waals surface area contributed by atoms with E-state index in [0.717, 1.165) is 13.2 Å². The molecule has 0 rings (SSSR count). The summed E-state index contributed by atoms with van der Waals surface area (Å²) in [5, 5.41) is 5.24. The molecule has 0 amide bonds. The second kappa shape index (κ2) is 4.92. The molecule has 38 valence electrons. The third kappa shape index (κ3) is 3.92. The number of rotatable bonds is 3. The van der Waals surface area contributed by atoms with Crippen molar-refractivity contribution < 1.29 is 5.32 Å². The van der Waals surface area contributed by atoms with Gasteiger partial charge < -0.3 is 5.32 Å². The number of quaternary nitrogens is 1. The second-order valence-electron chi connectivity index (χ2n) is 1.22. The molecule has 3 N–H and O–H groups in total. The van der Waals surface area contributed by atoms with Gasteiger partial charge in [0.25, 0.3) is 0 Å². The SMILES string of the molecule is CCNC[NH2+]C. The first kappa shape index (κ1) is 5.92. The zero-order valence-corrected chi connectivity index (χ0v) is 4.49. The van der Waals surface area contributed by atoms with Crippen LogP contribution in [0.1, 0.15) is 6.92 Å². The number of nitrogens with one attached hydrogen (secondary N) is 1. The number of hydrogen-bond acceptors (Lipinski definition) is 1. The van der Waals surface area contributed by atoms with Crippen LogP contribution in [-0.4, -0.2) is 20.3 Å². The lowest BCUT2D eigenvalue weighted by Gasteiger charge is -1.91. The predicted molar refractivity (Wildman–Crippen MR) is 26.4 cm³/mol.